The highest BCUT2D eigenvalue weighted by Gasteiger charge is 2.32. The van der Waals surface area contributed by atoms with Gasteiger partial charge >= 0.3 is 6.18 Å². The maximum Gasteiger partial charge on any atom is 0.433 e. The van der Waals surface area contributed by atoms with Crippen LogP contribution in [0.4, 0.5) is 17.6 Å². The minimum absolute atomic E-state index is 0.0890. The van der Waals surface area contributed by atoms with Crippen LogP contribution in [0.3, 0.4) is 0 Å². The number of aromatic nitrogens is 6. The van der Waals surface area contributed by atoms with Crippen LogP contribution >= 0.6 is 11.6 Å². The summed E-state index contributed by atoms with van der Waals surface area (Å²) in [5, 5.41) is 12.1. The zero-order chi connectivity index (χ0) is 23.0. The van der Waals surface area contributed by atoms with E-state index in [-0.39, 0.29) is 28.4 Å². The van der Waals surface area contributed by atoms with E-state index in [1.165, 1.54) is 29.1 Å². The lowest BCUT2D eigenvalue weighted by molar-refractivity contribution is -0.141. The van der Waals surface area contributed by atoms with Crippen molar-refractivity contribution in [2.24, 2.45) is 0 Å². The third-order valence-electron chi connectivity index (χ3n) is 4.65. The lowest BCUT2D eigenvalue weighted by Crippen LogP contribution is -2.24. The van der Waals surface area contributed by atoms with E-state index in [0.717, 1.165) is 29.1 Å². The highest BCUT2D eigenvalue weighted by Crippen LogP contribution is 2.30. The predicted octanol–water partition coefficient (Wildman–Crippen LogP) is 4.05. The van der Waals surface area contributed by atoms with E-state index < -0.39 is 23.2 Å². The molecule has 0 saturated carbocycles. The maximum atomic E-state index is 14.4. The van der Waals surface area contributed by atoms with Crippen molar-refractivity contribution < 1.29 is 17.6 Å². The molecule has 3 aromatic heterocycles. The molecule has 12 heteroatoms. The molecule has 4 aromatic rings. The van der Waals surface area contributed by atoms with Crippen molar-refractivity contribution in [2.45, 2.75) is 19.6 Å². The van der Waals surface area contributed by atoms with Crippen LogP contribution in [-0.2, 0) is 12.7 Å². The summed E-state index contributed by atoms with van der Waals surface area (Å²) in [7, 11) is 0. The summed E-state index contributed by atoms with van der Waals surface area (Å²) < 4.78 is 55.4. The number of alkyl halides is 3. The monoisotopic (exact) mass is 464 g/mol. The molecular weight excluding hydrogens is 452 g/mol. The SMILES string of the molecule is Cc1nnn(-c2ccc(Cl)cc2F)c1Cn1ncc(-c2ccnc(C(F)(F)F)c2)cc1=O. The summed E-state index contributed by atoms with van der Waals surface area (Å²) in [6.07, 6.45) is -2.33. The van der Waals surface area contributed by atoms with Crippen molar-refractivity contribution in [1.29, 1.82) is 0 Å². The van der Waals surface area contributed by atoms with E-state index in [1.807, 2.05) is 0 Å². The lowest BCUT2D eigenvalue weighted by atomic mass is 10.1. The Balaban J connectivity index is 1.68. The Morgan fingerprint density at radius 2 is 1.88 bits per heavy atom. The number of rotatable bonds is 4. The second-order valence-electron chi connectivity index (χ2n) is 6.80. The number of hydrogen-bond acceptors (Lipinski definition) is 5. The smallest absolute Gasteiger partial charge is 0.268 e. The van der Waals surface area contributed by atoms with Gasteiger partial charge in [-0.3, -0.25) is 9.78 Å². The third kappa shape index (κ3) is 4.24. The Kier molecular flexibility index (Phi) is 5.51. The van der Waals surface area contributed by atoms with Crippen LogP contribution in [-0.4, -0.2) is 29.8 Å². The molecule has 0 N–H and O–H groups in total. The van der Waals surface area contributed by atoms with Gasteiger partial charge in [0.25, 0.3) is 5.56 Å². The number of benzene rings is 1. The molecule has 0 aliphatic rings. The lowest BCUT2D eigenvalue weighted by Gasteiger charge is -2.11. The van der Waals surface area contributed by atoms with E-state index >= 15 is 0 Å². The summed E-state index contributed by atoms with van der Waals surface area (Å²) in [5.41, 5.74) is -0.364. The number of hydrogen-bond donors (Lipinski definition) is 0. The van der Waals surface area contributed by atoms with Gasteiger partial charge in [-0.2, -0.15) is 18.3 Å². The zero-order valence-corrected chi connectivity index (χ0v) is 17.1. The van der Waals surface area contributed by atoms with Gasteiger partial charge in [0.2, 0.25) is 0 Å². The van der Waals surface area contributed by atoms with Crippen LogP contribution in [0.15, 0.2) is 53.6 Å². The molecular formula is C20H13ClF4N6O. The van der Waals surface area contributed by atoms with Gasteiger partial charge in [-0.05, 0) is 42.8 Å². The molecule has 4 rings (SSSR count). The number of halogens is 5. The van der Waals surface area contributed by atoms with Gasteiger partial charge in [0, 0.05) is 22.8 Å². The highest BCUT2D eigenvalue weighted by molar-refractivity contribution is 6.30. The van der Waals surface area contributed by atoms with Crippen LogP contribution in [0.1, 0.15) is 17.1 Å². The summed E-state index contributed by atoms with van der Waals surface area (Å²) in [6, 6.07) is 7.39. The van der Waals surface area contributed by atoms with E-state index in [9.17, 15) is 22.4 Å². The van der Waals surface area contributed by atoms with Crippen molar-refractivity contribution in [3.8, 4) is 16.8 Å². The standard InChI is InChI=1S/C20H13ClF4N6O/c1-11-17(31(29-28-11)16-3-2-14(21)8-15(16)22)10-30-19(32)7-13(9-27-30)12-4-5-26-18(6-12)20(23,24)25/h2-9H,10H2,1H3. The van der Waals surface area contributed by atoms with Crippen LogP contribution < -0.4 is 5.56 Å². The van der Waals surface area contributed by atoms with Gasteiger partial charge in [0.05, 0.1) is 24.1 Å². The number of pyridine rings is 1. The summed E-state index contributed by atoms with van der Waals surface area (Å²) in [5.74, 6) is -0.627. The van der Waals surface area contributed by atoms with Gasteiger partial charge in [-0.25, -0.2) is 13.8 Å². The average molecular weight is 465 g/mol. The topological polar surface area (TPSA) is 78.5 Å². The Bertz CT molecular complexity index is 1360. The molecule has 0 spiro atoms. The van der Waals surface area contributed by atoms with Crippen molar-refractivity contribution in [2.75, 3.05) is 0 Å². The molecule has 0 unspecified atom stereocenters. The van der Waals surface area contributed by atoms with Gasteiger partial charge in [0.15, 0.2) is 0 Å². The van der Waals surface area contributed by atoms with Crippen LogP contribution in [0.5, 0.6) is 0 Å². The first kappa shape index (κ1) is 21.6. The van der Waals surface area contributed by atoms with Crippen LogP contribution in [0, 0.1) is 12.7 Å². The predicted molar refractivity (Wildman–Crippen MR) is 107 cm³/mol. The molecule has 0 saturated heterocycles. The first-order chi connectivity index (χ1) is 15.1. The molecule has 0 radical (unpaired) electrons. The highest BCUT2D eigenvalue weighted by atomic mass is 35.5. The minimum atomic E-state index is -4.61. The fraction of sp³-hybridized carbons (Fsp3) is 0.150. The Morgan fingerprint density at radius 1 is 1.09 bits per heavy atom. The average Bonchev–Trinajstić information content (AvgIpc) is 3.09. The van der Waals surface area contributed by atoms with Crippen molar-refractivity contribution in [3.05, 3.63) is 87.1 Å². The van der Waals surface area contributed by atoms with Gasteiger partial charge in [-0.15, -0.1) is 5.10 Å². The summed E-state index contributed by atoms with van der Waals surface area (Å²) in [4.78, 5) is 15.9. The molecule has 0 amide bonds. The molecule has 0 fully saturated rings. The molecule has 3 heterocycles. The molecule has 0 bridgehead atoms. The van der Waals surface area contributed by atoms with Gasteiger partial charge in [0.1, 0.15) is 17.2 Å². The summed E-state index contributed by atoms with van der Waals surface area (Å²) >= 11 is 5.79. The number of aryl methyl sites for hydroxylation is 1. The third-order valence-corrected chi connectivity index (χ3v) is 4.88. The van der Waals surface area contributed by atoms with Crippen molar-refractivity contribution in [3.63, 3.8) is 0 Å². The van der Waals surface area contributed by atoms with E-state index in [2.05, 4.69) is 20.4 Å². The van der Waals surface area contributed by atoms with Gasteiger partial charge < -0.3 is 0 Å². The Hall–Kier alpha value is -3.60. The molecule has 1 aromatic carbocycles. The Labute approximate surface area is 182 Å². The zero-order valence-electron chi connectivity index (χ0n) is 16.3. The molecule has 0 atom stereocenters. The van der Waals surface area contributed by atoms with Gasteiger partial charge in [-0.1, -0.05) is 16.8 Å². The quantitative estimate of drug-likeness (QED) is 0.426. The fourth-order valence-electron chi connectivity index (χ4n) is 3.02. The minimum Gasteiger partial charge on any atom is -0.268 e. The first-order valence-electron chi connectivity index (χ1n) is 9.11. The largest absolute Gasteiger partial charge is 0.433 e. The normalized spacial score (nSPS) is 11.7. The van der Waals surface area contributed by atoms with Crippen molar-refractivity contribution in [1.82, 2.24) is 29.8 Å². The van der Waals surface area contributed by atoms with E-state index in [1.54, 1.807) is 6.92 Å². The molecule has 0 aliphatic carbocycles. The summed E-state index contributed by atoms with van der Waals surface area (Å²) in [6.45, 7) is 1.55. The number of nitrogens with zero attached hydrogens (tertiary/aromatic N) is 6. The second-order valence-corrected chi connectivity index (χ2v) is 7.23. The molecule has 164 valence electrons. The van der Waals surface area contributed by atoms with Crippen LogP contribution in [0.25, 0.3) is 16.8 Å². The maximum absolute atomic E-state index is 14.4. The molecule has 7 nitrogen and oxygen atoms in total. The second kappa shape index (κ2) is 8.15. The Morgan fingerprint density at radius 3 is 2.56 bits per heavy atom. The van der Waals surface area contributed by atoms with E-state index in [0.29, 0.717) is 11.4 Å². The fourth-order valence-corrected chi connectivity index (χ4v) is 3.18. The van der Waals surface area contributed by atoms with Crippen LogP contribution in [0.2, 0.25) is 5.02 Å². The molecule has 0 aliphatic heterocycles. The molecule has 32 heavy (non-hydrogen) atoms. The van der Waals surface area contributed by atoms with Crippen molar-refractivity contribution >= 4 is 11.6 Å². The first-order valence-corrected chi connectivity index (χ1v) is 9.48. The van der Waals surface area contributed by atoms with E-state index in [4.69, 9.17) is 11.6 Å².